The first-order valence-electron chi connectivity index (χ1n) is 8.86. The minimum absolute atomic E-state index is 0.452. The molecule has 0 radical (unpaired) electrons. The van der Waals surface area contributed by atoms with Crippen LogP contribution in [0.15, 0.2) is 66.7 Å². The van der Waals surface area contributed by atoms with Crippen LogP contribution in [0.2, 0.25) is 0 Å². The van der Waals surface area contributed by atoms with Gasteiger partial charge in [-0.2, -0.15) is 5.10 Å². The van der Waals surface area contributed by atoms with Gasteiger partial charge in [0, 0.05) is 18.5 Å². The third-order valence-corrected chi connectivity index (χ3v) is 4.63. The van der Waals surface area contributed by atoms with Crippen LogP contribution in [0, 0.1) is 0 Å². The zero-order valence-corrected chi connectivity index (χ0v) is 14.5. The van der Waals surface area contributed by atoms with Crippen LogP contribution in [0.5, 0.6) is 5.75 Å². The van der Waals surface area contributed by atoms with Crippen molar-refractivity contribution >= 4 is 5.82 Å². The van der Waals surface area contributed by atoms with Crippen LogP contribution >= 0.6 is 0 Å². The smallest absolute Gasteiger partial charge is 0.146 e. The Morgan fingerprint density at radius 2 is 1.77 bits per heavy atom. The molecule has 0 saturated heterocycles. The van der Waals surface area contributed by atoms with Crippen LogP contribution in [-0.2, 0) is 13.2 Å². The number of benzene rings is 2. The van der Waals surface area contributed by atoms with E-state index >= 15 is 0 Å². The van der Waals surface area contributed by atoms with Crippen LogP contribution < -0.4 is 15.8 Å². The maximum absolute atomic E-state index is 5.85. The second kappa shape index (κ2) is 7.54. The van der Waals surface area contributed by atoms with Crippen LogP contribution in [0.25, 0.3) is 0 Å². The molecule has 5 heteroatoms. The standard InChI is InChI=1S/C21H22N4O/c22-21-11-8-17(24-25-21)13-23-20-12-19(20)16-6-9-18(10-7-16)26-14-15-4-2-1-3-5-15/h1-11,19-20,23H,12-14H2,(H2,22,25). The van der Waals surface area contributed by atoms with Gasteiger partial charge in [-0.3, -0.25) is 0 Å². The molecule has 2 atom stereocenters. The van der Waals surface area contributed by atoms with E-state index < -0.39 is 0 Å². The van der Waals surface area contributed by atoms with Crippen molar-refractivity contribution in [3.8, 4) is 5.75 Å². The molecule has 0 amide bonds. The average Bonchev–Trinajstić information content (AvgIpc) is 3.47. The highest BCUT2D eigenvalue weighted by molar-refractivity contribution is 5.34. The Kier molecular flexibility index (Phi) is 4.80. The van der Waals surface area contributed by atoms with E-state index in [9.17, 15) is 0 Å². The fourth-order valence-electron chi connectivity index (χ4n) is 3.04. The van der Waals surface area contributed by atoms with E-state index in [-0.39, 0.29) is 0 Å². The molecule has 5 nitrogen and oxygen atoms in total. The van der Waals surface area contributed by atoms with Gasteiger partial charge in [0.05, 0.1) is 5.69 Å². The van der Waals surface area contributed by atoms with E-state index in [0.29, 0.717) is 30.9 Å². The molecule has 0 aliphatic heterocycles. The summed E-state index contributed by atoms with van der Waals surface area (Å²) in [5, 5.41) is 11.5. The number of rotatable bonds is 7. The van der Waals surface area contributed by atoms with Crippen molar-refractivity contribution < 1.29 is 4.74 Å². The van der Waals surface area contributed by atoms with E-state index in [1.165, 1.54) is 11.1 Å². The molecule has 132 valence electrons. The van der Waals surface area contributed by atoms with Gasteiger partial charge in [0.15, 0.2) is 0 Å². The fourth-order valence-corrected chi connectivity index (χ4v) is 3.04. The number of hydrogen-bond acceptors (Lipinski definition) is 5. The summed E-state index contributed by atoms with van der Waals surface area (Å²) in [7, 11) is 0. The number of aromatic nitrogens is 2. The van der Waals surface area contributed by atoms with Gasteiger partial charge in [-0.05, 0) is 41.8 Å². The lowest BCUT2D eigenvalue weighted by Crippen LogP contribution is -2.18. The molecule has 1 aromatic heterocycles. The number of anilines is 1. The normalized spacial score (nSPS) is 18.5. The summed E-state index contributed by atoms with van der Waals surface area (Å²) < 4.78 is 5.85. The molecule has 2 unspecified atom stereocenters. The lowest BCUT2D eigenvalue weighted by molar-refractivity contribution is 0.306. The predicted molar refractivity (Wildman–Crippen MR) is 102 cm³/mol. The van der Waals surface area contributed by atoms with Crippen LogP contribution in [0.3, 0.4) is 0 Å². The highest BCUT2D eigenvalue weighted by Gasteiger charge is 2.37. The van der Waals surface area contributed by atoms with Gasteiger partial charge in [0.25, 0.3) is 0 Å². The van der Waals surface area contributed by atoms with Gasteiger partial charge in [-0.25, -0.2) is 0 Å². The molecular formula is C21H22N4O. The molecule has 2 aromatic carbocycles. The monoisotopic (exact) mass is 346 g/mol. The molecule has 26 heavy (non-hydrogen) atoms. The Labute approximate surface area is 153 Å². The SMILES string of the molecule is Nc1ccc(CNC2CC2c2ccc(OCc3ccccc3)cc2)nn1. The zero-order chi connectivity index (χ0) is 17.8. The maximum Gasteiger partial charge on any atom is 0.146 e. The van der Waals surface area contributed by atoms with E-state index in [2.05, 4.69) is 51.9 Å². The summed E-state index contributed by atoms with van der Waals surface area (Å²) >= 11 is 0. The van der Waals surface area contributed by atoms with Gasteiger partial charge in [0.1, 0.15) is 18.2 Å². The van der Waals surface area contributed by atoms with Crippen molar-refractivity contribution in [2.75, 3.05) is 5.73 Å². The second-order valence-corrected chi connectivity index (χ2v) is 6.62. The molecule has 1 fully saturated rings. The Balaban J connectivity index is 1.26. The molecule has 4 rings (SSSR count). The Bertz CT molecular complexity index is 834. The zero-order valence-electron chi connectivity index (χ0n) is 14.5. The van der Waals surface area contributed by atoms with Crippen molar-refractivity contribution in [3.63, 3.8) is 0 Å². The lowest BCUT2D eigenvalue weighted by Gasteiger charge is -2.08. The third kappa shape index (κ3) is 4.18. The Hall–Kier alpha value is -2.92. The summed E-state index contributed by atoms with van der Waals surface area (Å²) in [6, 6.07) is 22.8. The maximum atomic E-state index is 5.85. The van der Waals surface area contributed by atoms with Crippen molar-refractivity contribution in [1.82, 2.24) is 15.5 Å². The molecular weight excluding hydrogens is 324 g/mol. The first-order valence-corrected chi connectivity index (χ1v) is 8.86. The molecule has 3 aromatic rings. The number of ether oxygens (including phenoxy) is 1. The number of nitrogens with zero attached hydrogens (tertiary/aromatic N) is 2. The highest BCUT2D eigenvalue weighted by Crippen LogP contribution is 2.41. The quantitative estimate of drug-likeness (QED) is 0.687. The van der Waals surface area contributed by atoms with Crippen molar-refractivity contribution in [2.45, 2.75) is 31.5 Å². The van der Waals surface area contributed by atoms with Crippen LogP contribution in [-0.4, -0.2) is 16.2 Å². The Morgan fingerprint density at radius 1 is 0.962 bits per heavy atom. The van der Waals surface area contributed by atoms with Gasteiger partial charge in [0.2, 0.25) is 0 Å². The molecule has 1 saturated carbocycles. The molecule has 3 N–H and O–H groups in total. The molecule has 1 heterocycles. The topological polar surface area (TPSA) is 73.1 Å². The van der Waals surface area contributed by atoms with Crippen LogP contribution in [0.1, 0.15) is 29.2 Å². The summed E-state index contributed by atoms with van der Waals surface area (Å²) in [6.07, 6.45) is 1.15. The first kappa shape index (κ1) is 16.5. The van der Waals surface area contributed by atoms with E-state index in [0.717, 1.165) is 17.9 Å². The van der Waals surface area contributed by atoms with Crippen molar-refractivity contribution in [2.24, 2.45) is 0 Å². The van der Waals surface area contributed by atoms with E-state index in [4.69, 9.17) is 10.5 Å². The fraction of sp³-hybridized carbons (Fsp3) is 0.238. The van der Waals surface area contributed by atoms with E-state index in [1.54, 1.807) is 6.07 Å². The summed E-state index contributed by atoms with van der Waals surface area (Å²) in [6.45, 7) is 1.31. The van der Waals surface area contributed by atoms with Gasteiger partial charge >= 0.3 is 0 Å². The molecule has 1 aliphatic rings. The van der Waals surface area contributed by atoms with Crippen molar-refractivity contribution in [1.29, 1.82) is 0 Å². The van der Waals surface area contributed by atoms with Gasteiger partial charge in [-0.15, -0.1) is 5.10 Å². The average molecular weight is 346 g/mol. The van der Waals surface area contributed by atoms with Gasteiger partial charge in [-0.1, -0.05) is 42.5 Å². The van der Waals surface area contributed by atoms with Crippen molar-refractivity contribution in [3.05, 3.63) is 83.6 Å². The summed E-state index contributed by atoms with van der Waals surface area (Å²) in [5.41, 5.74) is 8.99. The summed E-state index contributed by atoms with van der Waals surface area (Å²) in [5.74, 6) is 1.91. The second-order valence-electron chi connectivity index (χ2n) is 6.62. The number of nitrogens with two attached hydrogens (primary N) is 1. The van der Waals surface area contributed by atoms with E-state index in [1.807, 2.05) is 24.3 Å². The number of nitrogens with one attached hydrogen (secondary N) is 1. The Morgan fingerprint density at radius 3 is 2.50 bits per heavy atom. The first-order chi connectivity index (χ1) is 12.8. The highest BCUT2D eigenvalue weighted by atomic mass is 16.5. The van der Waals surface area contributed by atoms with Gasteiger partial charge < -0.3 is 15.8 Å². The number of hydrogen-bond donors (Lipinski definition) is 2. The third-order valence-electron chi connectivity index (χ3n) is 4.63. The predicted octanol–water partition coefficient (Wildman–Crippen LogP) is 3.28. The minimum Gasteiger partial charge on any atom is -0.489 e. The molecule has 0 bridgehead atoms. The summed E-state index contributed by atoms with van der Waals surface area (Å²) in [4.78, 5) is 0. The lowest BCUT2D eigenvalue weighted by atomic mass is 10.1. The minimum atomic E-state index is 0.452. The molecule has 0 spiro atoms. The largest absolute Gasteiger partial charge is 0.489 e. The molecule has 1 aliphatic carbocycles. The number of nitrogen functional groups attached to an aromatic ring is 1. The van der Waals surface area contributed by atoms with Crippen LogP contribution in [0.4, 0.5) is 5.82 Å².